The molecule has 1 unspecified atom stereocenters. The van der Waals surface area contributed by atoms with Crippen LogP contribution in [0.4, 0.5) is 11.5 Å². The highest BCUT2D eigenvalue weighted by atomic mass is 15.4. The van der Waals surface area contributed by atoms with Crippen LogP contribution >= 0.6 is 0 Å². The lowest BCUT2D eigenvalue weighted by Crippen LogP contribution is -2.24. The Labute approximate surface area is 110 Å². The number of nitrogens with zero attached hydrogens (tertiary/aromatic N) is 3. The molecule has 2 heterocycles. The van der Waals surface area contributed by atoms with Crippen molar-refractivity contribution < 1.29 is 0 Å². The first-order valence-electron chi connectivity index (χ1n) is 7.10. The van der Waals surface area contributed by atoms with Crippen LogP contribution < -0.4 is 10.6 Å². The van der Waals surface area contributed by atoms with Crippen molar-refractivity contribution >= 4 is 11.5 Å². The van der Waals surface area contributed by atoms with Crippen LogP contribution in [0.25, 0.3) is 0 Å². The number of aryl methyl sites for hydroxylation is 2. The van der Waals surface area contributed by atoms with E-state index in [1.165, 1.54) is 6.42 Å². The smallest absolute Gasteiger partial charge is 0.150 e. The second kappa shape index (κ2) is 5.21. The molecule has 4 nitrogen and oxygen atoms in total. The van der Waals surface area contributed by atoms with E-state index in [-0.39, 0.29) is 0 Å². The molecule has 0 bridgehead atoms. The van der Waals surface area contributed by atoms with E-state index in [0.29, 0.717) is 0 Å². The van der Waals surface area contributed by atoms with Crippen LogP contribution in [0.3, 0.4) is 0 Å². The normalized spacial score (nSPS) is 20.1. The monoisotopic (exact) mass is 250 g/mol. The third kappa shape index (κ3) is 2.33. The van der Waals surface area contributed by atoms with E-state index in [2.05, 4.69) is 30.8 Å². The fourth-order valence-corrected chi connectivity index (χ4v) is 2.91. The molecule has 102 valence electrons. The van der Waals surface area contributed by atoms with Crippen molar-refractivity contribution in [2.24, 2.45) is 18.9 Å². The van der Waals surface area contributed by atoms with Crippen LogP contribution in [0.5, 0.6) is 0 Å². The van der Waals surface area contributed by atoms with Gasteiger partial charge in [0.2, 0.25) is 0 Å². The van der Waals surface area contributed by atoms with Crippen molar-refractivity contribution in [3.8, 4) is 0 Å². The maximum atomic E-state index is 6.27. The van der Waals surface area contributed by atoms with Crippen molar-refractivity contribution in [1.29, 1.82) is 0 Å². The van der Waals surface area contributed by atoms with Gasteiger partial charge < -0.3 is 10.6 Å². The Kier molecular flexibility index (Phi) is 3.83. The standard InChI is InChI=1S/C14H26N4/c1-5-6-12-13(15)14(17(4)16-12)18-8-7-11(9-18)10(2)3/h10-11H,5-9,15H2,1-4H3. The fourth-order valence-electron chi connectivity index (χ4n) is 2.91. The third-order valence-electron chi connectivity index (χ3n) is 4.08. The second-order valence-corrected chi connectivity index (χ2v) is 5.80. The lowest BCUT2D eigenvalue weighted by molar-refractivity contribution is 0.422. The molecule has 1 aliphatic rings. The average molecular weight is 250 g/mol. The number of hydrogen-bond donors (Lipinski definition) is 1. The summed E-state index contributed by atoms with van der Waals surface area (Å²) in [6.07, 6.45) is 3.34. The largest absolute Gasteiger partial charge is 0.394 e. The van der Waals surface area contributed by atoms with Crippen LogP contribution in [0.2, 0.25) is 0 Å². The molecule has 0 aliphatic carbocycles. The number of nitrogens with two attached hydrogens (primary N) is 1. The SMILES string of the molecule is CCCc1nn(C)c(N2CCC(C(C)C)C2)c1N. The molecule has 18 heavy (non-hydrogen) atoms. The summed E-state index contributed by atoms with van der Waals surface area (Å²) in [5, 5.41) is 4.56. The van der Waals surface area contributed by atoms with E-state index in [9.17, 15) is 0 Å². The summed E-state index contributed by atoms with van der Waals surface area (Å²) in [5.41, 5.74) is 8.22. The molecule has 1 aromatic rings. The number of anilines is 2. The first kappa shape index (κ1) is 13.2. The molecular weight excluding hydrogens is 224 g/mol. The third-order valence-corrected chi connectivity index (χ3v) is 4.08. The molecule has 0 amide bonds. The summed E-state index contributed by atoms with van der Waals surface area (Å²) in [5.74, 6) is 2.66. The molecule has 1 atom stereocenters. The highest BCUT2D eigenvalue weighted by Crippen LogP contribution is 2.33. The Morgan fingerprint density at radius 1 is 1.44 bits per heavy atom. The van der Waals surface area contributed by atoms with Gasteiger partial charge in [-0.3, -0.25) is 4.68 Å². The topological polar surface area (TPSA) is 47.1 Å². The minimum atomic E-state index is 0.750. The van der Waals surface area contributed by atoms with Crippen molar-refractivity contribution in [3.63, 3.8) is 0 Å². The minimum absolute atomic E-state index is 0.750. The summed E-state index contributed by atoms with van der Waals surface area (Å²) < 4.78 is 1.96. The number of nitrogen functional groups attached to an aromatic ring is 1. The molecule has 4 heteroatoms. The Balaban J connectivity index is 2.19. The van der Waals surface area contributed by atoms with Gasteiger partial charge in [0.1, 0.15) is 5.82 Å². The summed E-state index contributed by atoms with van der Waals surface area (Å²) in [4.78, 5) is 2.41. The van der Waals surface area contributed by atoms with Gasteiger partial charge in [-0.25, -0.2) is 0 Å². The zero-order chi connectivity index (χ0) is 13.3. The molecule has 1 saturated heterocycles. The predicted octanol–water partition coefficient (Wildman–Crippen LogP) is 2.44. The Bertz CT molecular complexity index is 408. The van der Waals surface area contributed by atoms with Gasteiger partial charge in [0, 0.05) is 20.1 Å². The predicted molar refractivity (Wildman–Crippen MR) is 76.8 cm³/mol. The van der Waals surface area contributed by atoms with Gasteiger partial charge >= 0.3 is 0 Å². The average Bonchev–Trinajstić information content (AvgIpc) is 2.86. The Hall–Kier alpha value is -1.19. The Morgan fingerprint density at radius 3 is 2.72 bits per heavy atom. The molecule has 0 saturated carbocycles. The molecular formula is C14H26N4. The van der Waals surface area contributed by atoms with Crippen molar-refractivity contribution in [3.05, 3.63) is 5.69 Å². The van der Waals surface area contributed by atoms with E-state index >= 15 is 0 Å². The van der Waals surface area contributed by atoms with Crippen LogP contribution in [0.1, 0.15) is 39.3 Å². The number of hydrogen-bond acceptors (Lipinski definition) is 3. The highest BCUT2D eigenvalue weighted by Gasteiger charge is 2.28. The van der Waals surface area contributed by atoms with Crippen LogP contribution in [-0.2, 0) is 13.5 Å². The quantitative estimate of drug-likeness (QED) is 0.893. The maximum absolute atomic E-state index is 6.27. The maximum Gasteiger partial charge on any atom is 0.150 e. The van der Waals surface area contributed by atoms with Crippen LogP contribution in [0, 0.1) is 11.8 Å². The lowest BCUT2D eigenvalue weighted by atomic mass is 9.95. The molecule has 0 aromatic carbocycles. The second-order valence-electron chi connectivity index (χ2n) is 5.80. The zero-order valence-corrected chi connectivity index (χ0v) is 12.1. The number of rotatable bonds is 4. The molecule has 1 fully saturated rings. The molecule has 2 rings (SSSR count). The molecule has 1 aromatic heterocycles. The van der Waals surface area contributed by atoms with E-state index in [0.717, 1.165) is 55.0 Å². The van der Waals surface area contributed by atoms with Crippen molar-refractivity contribution in [2.75, 3.05) is 23.7 Å². The van der Waals surface area contributed by atoms with Crippen molar-refractivity contribution in [2.45, 2.75) is 40.0 Å². The number of aromatic nitrogens is 2. The Morgan fingerprint density at radius 2 is 2.17 bits per heavy atom. The van der Waals surface area contributed by atoms with Crippen molar-refractivity contribution in [1.82, 2.24) is 9.78 Å². The van der Waals surface area contributed by atoms with Gasteiger partial charge in [-0.05, 0) is 24.7 Å². The zero-order valence-electron chi connectivity index (χ0n) is 12.1. The first-order chi connectivity index (χ1) is 8.54. The van der Waals surface area contributed by atoms with Gasteiger partial charge in [0.15, 0.2) is 0 Å². The first-order valence-corrected chi connectivity index (χ1v) is 7.10. The van der Waals surface area contributed by atoms with Gasteiger partial charge in [-0.1, -0.05) is 27.2 Å². The van der Waals surface area contributed by atoms with Crippen LogP contribution in [0.15, 0.2) is 0 Å². The van der Waals surface area contributed by atoms with E-state index in [1.54, 1.807) is 0 Å². The van der Waals surface area contributed by atoms with Gasteiger partial charge in [0.25, 0.3) is 0 Å². The molecule has 2 N–H and O–H groups in total. The summed E-state index contributed by atoms with van der Waals surface area (Å²) in [6.45, 7) is 9.01. The molecule has 0 radical (unpaired) electrons. The van der Waals surface area contributed by atoms with E-state index < -0.39 is 0 Å². The fraction of sp³-hybridized carbons (Fsp3) is 0.786. The minimum Gasteiger partial charge on any atom is -0.394 e. The summed E-state index contributed by atoms with van der Waals surface area (Å²) >= 11 is 0. The van der Waals surface area contributed by atoms with Gasteiger partial charge in [-0.2, -0.15) is 5.10 Å². The highest BCUT2D eigenvalue weighted by molar-refractivity contribution is 5.66. The van der Waals surface area contributed by atoms with Gasteiger partial charge in [0.05, 0.1) is 11.4 Å². The molecule has 0 spiro atoms. The van der Waals surface area contributed by atoms with Crippen LogP contribution in [-0.4, -0.2) is 22.9 Å². The van der Waals surface area contributed by atoms with E-state index in [4.69, 9.17) is 5.73 Å². The lowest BCUT2D eigenvalue weighted by Gasteiger charge is -2.20. The summed E-state index contributed by atoms with van der Waals surface area (Å²) in [7, 11) is 2.01. The summed E-state index contributed by atoms with van der Waals surface area (Å²) in [6, 6.07) is 0. The molecule has 1 aliphatic heterocycles. The van der Waals surface area contributed by atoms with Gasteiger partial charge in [-0.15, -0.1) is 0 Å². The van der Waals surface area contributed by atoms with E-state index in [1.807, 2.05) is 11.7 Å².